The van der Waals surface area contributed by atoms with Crippen LogP contribution >= 0.6 is 22.6 Å². The Morgan fingerprint density at radius 3 is 2.00 bits per heavy atom. The van der Waals surface area contributed by atoms with E-state index in [9.17, 15) is 8.42 Å². The second-order valence-electron chi connectivity index (χ2n) is 0.975. The minimum absolute atomic E-state index is 0.145. The summed E-state index contributed by atoms with van der Waals surface area (Å²) in [5.41, 5.74) is 0. The highest BCUT2D eigenvalue weighted by molar-refractivity contribution is 14.1. The quantitative estimate of drug-likeness (QED) is 0.426. The molecule has 0 radical (unpaired) electrons. The molecule has 0 heterocycles. The maximum absolute atomic E-state index is 9.78. The molecule has 7 heavy (non-hydrogen) atoms. The van der Waals surface area contributed by atoms with Gasteiger partial charge in [-0.3, -0.25) is 4.55 Å². The molecule has 0 fully saturated rings. The van der Waals surface area contributed by atoms with E-state index < -0.39 is 10.1 Å². The van der Waals surface area contributed by atoms with Crippen molar-refractivity contribution in [3.05, 3.63) is 0 Å². The summed E-state index contributed by atoms with van der Waals surface area (Å²) in [4.78, 5) is 0. The highest BCUT2D eigenvalue weighted by Gasteiger charge is 1.98. The highest BCUT2D eigenvalue weighted by atomic mass is 127. The molecule has 0 aliphatic carbocycles. The number of halogens is 1. The lowest BCUT2D eigenvalue weighted by molar-refractivity contribution is 0.485. The molecule has 3 nitrogen and oxygen atoms in total. The molecule has 0 aromatic heterocycles. The lowest BCUT2D eigenvalue weighted by atomic mass is 11.0. The van der Waals surface area contributed by atoms with Crippen molar-refractivity contribution in [1.82, 2.24) is 0 Å². The molecule has 0 aromatic carbocycles. The van der Waals surface area contributed by atoms with Crippen molar-refractivity contribution >= 4 is 32.7 Å². The molecule has 0 aromatic rings. The molecule has 0 aliphatic heterocycles. The summed E-state index contributed by atoms with van der Waals surface area (Å²) in [5, 5.41) is 0. The first-order valence-electron chi connectivity index (χ1n) is 1.57. The molecule has 44 valence electrons. The van der Waals surface area contributed by atoms with Gasteiger partial charge in [0, 0.05) is 4.43 Å². The predicted molar refractivity (Wildman–Crippen MR) is 35.3 cm³/mol. The van der Waals surface area contributed by atoms with Crippen molar-refractivity contribution in [3.8, 4) is 0 Å². The van der Waals surface area contributed by atoms with Gasteiger partial charge in [0.2, 0.25) is 0 Å². The fraction of sp³-hybridized carbons (Fsp3) is 1.00. The molecule has 0 unspecified atom stereocenters. The summed E-state index contributed by atoms with van der Waals surface area (Å²) >= 11 is 1.87. The molecule has 0 rings (SSSR count). The van der Waals surface area contributed by atoms with Crippen molar-refractivity contribution in [3.63, 3.8) is 0 Å². The third kappa shape index (κ3) is 6.64. The largest absolute Gasteiger partial charge is 0.286 e. The van der Waals surface area contributed by atoms with Gasteiger partial charge in [0.05, 0.1) is 5.75 Å². The summed E-state index contributed by atoms with van der Waals surface area (Å²) in [6.07, 6.45) is 0. The van der Waals surface area contributed by atoms with Crippen LogP contribution < -0.4 is 0 Å². The smallest absolute Gasteiger partial charge is 0.265 e. The van der Waals surface area contributed by atoms with E-state index in [2.05, 4.69) is 0 Å². The molecule has 0 spiro atoms. The van der Waals surface area contributed by atoms with Gasteiger partial charge in [-0.25, -0.2) is 0 Å². The molecule has 0 aliphatic rings. The normalized spacial score (nSPS) is 11.7. The van der Waals surface area contributed by atoms with Gasteiger partial charge in [0.1, 0.15) is 0 Å². The molecule has 0 bridgehead atoms. The first kappa shape index (κ1) is 7.64. The molecule has 1 N–H and O–H groups in total. The second-order valence-corrected chi connectivity index (χ2v) is 3.63. The Kier molecular flexibility index (Phi) is 3.09. The van der Waals surface area contributed by atoms with Crippen LogP contribution in [0, 0.1) is 0 Å². The van der Waals surface area contributed by atoms with Crippen LogP contribution in [0.3, 0.4) is 0 Å². The summed E-state index contributed by atoms with van der Waals surface area (Å²) < 4.78 is 28.0. The van der Waals surface area contributed by atoms with Crippen molar-refractivity contribution in [2.24, 2.45) is 0 Å². The van der Waals surface area contributed by atoms with E-state index in [4.69, 9.17) is 4.55 Å². The Balaban J connectivity index is 3.60. The van der Waals surface area contributed by atoms with Crippen LogP contribution in [0.1, 0.15) is 0 Å². The second kappa shape index (κ2) is 2.83. The van der Waals surface area contributed by atoms with Gasteiger partial charge in [-0.15, -0.1) is 0 Å². The monoisotopic (exact) mass is 236 g/mol. The summed E-state index contributed by atoms with van der Waals surface area (Å²) in [7, 11) is -3.68. The number of alkyl halides is 1. The SMILES string of the molecule is O=S(=O)(O)CCI. The third-order valence-electron chi connectivity index (χ3n) is 0.335. The van der Waals surface area contributed by atoms with Crippen LogP contribution in [0.4, 0.5) is 0 Å². The number of hydrogen-bond donors (Lipinski definition) is 1. The molecular formula is C2H5IO3S. The molecule has 0 atom stereocenters. The summed E-state index contributed by atoms with van der Waals surface area (Å²) in [5.74, 6) is -0.145. The van der Waals surface area contributed by atoms with Gasteiger partial charge in [-0.05, 0) is 0 Å². The molecule has 0 saturated heterocycles. The van der Waals surface area contributed by atoms with Gasteiger partial charge in [-0.2, -0.15) is 8.42 Å². The van der Waals surface area contributed by atoms with Crippen LogP contribution in [-0.2, 0) is 10.1 Å². The zero-order chi connectivity index (χ0) is 5.91. The van der Waals surface area contributed by atoms with Crippen LogP contribution in [0.15, 0.2) is 0 Å². The molecule has 0 saturated carbocycles. The fourth-order valence-electron chi connectivity index (χ4n) is 0.0975. The van der Waals surface area contributed by atoms with Crippen molar-refractivity contribution < 1.29 is 13.0 Å². The maximum Gasteiger partial charge on any atom is 0.265 e. The van der Waals surface area contributed by atoms with Gasteiger partial charge in [-0.1, -0.05) is 22.6 Å². The molecule has 5 heteroatoms. The first-order valence-corrected chi connectivity index (χ1v) is 4.71. The topological polar surface area (TPSA) is 54.4 Å². The summed E-state index contributed by atoms with van der Waals surface area (Å²) in [6, 6.07) is 0. The average molecular weight is 236 g/mol. The Morgan fingerprint density at radius 2 is 2.00 bits per heavy atom. The zero-order valence-electron chi connectivity index (χ0n) is 3.46. The number of rotatable bonds is 2. The minimum atomic E-state index is -3.68. The van der Waals surface area contributed by atoms with E-state index >= 15 is 0 Å². The Labute approximate surface area is 56.0 Å². The van der Waals surface area contributed by atoms with Gasteiger partial charge >= 0.3 is 0 Å². The van der Waals surface area contributed by atoms with Crippen LogP contribution in [0.5, 0.6) is 0 Å². The van der Waals surface area contributed by atoms with Crippen molar-refractivity contribution in [2.75, 3.05) is 10.2 Å². The van der Waals surface area contributed by atoms with E-state index in [1.807, 2.05) is 22.6 Å². The van der Waals surface area contributed by atoms with Crippen LogP contribution in [0.25, 0.3) is 0 Å². The molecule has 0 amide bonds. The average Bonchev–Trinajstić information content (AvgIpc) is 1.30. The van der Waals surface area contributed by atoms with Gasteiger partial charge in [0.15, 0.2) is 0 Å². The highest BCUT2D eigenvalue weighted by Crippen LogP contribution is 1.86. The van der Waals surface area contributed by atoms with E-state index in [0.717, 1.165) is 0 Å². The van der Waals surface area contributed by atoms with E-state index in [-0.39, 0.29) is 5.75 Å². The lowest BCUT2D eigenvalue weighted by Crippen LogP contribution is -2.03. The van der Waals surface area contributed by atoms with E-state index in [1.165, 1.54) is 0 Å². The number of hydrogen-bond acceptors (Lipinski definition) is 2. The first-order chi connectivity index (χ1) is 3.06. The van der Waals surface area contributed by atoms with Crippen LogP contribution in [0.2, 0.25) is 0 Å². The van der Waals surface area contributed by atoms with Crippen molar-refractivity contribution in [1.29, 1.82) is 0 Å². The van der Waals surface area contributed by atoms with Gasteiger partial charge in [0.25, 0.3) is 10.1 Å². The zero-order valence-corrected chi connectivity index (χ0v) is 6.44. The minimum Gasteiger partial charge on any atom is -0.286 e. The van der Waals surface area contributed by atoms with Crippen molar-refractivity contribution in [2.45, 2.75) is 0 Å². The standard InChI is InChI=1S/C2H5IO3S/c3-1-2-7(4,5)6/h1-2H2,(H,4,5,6). The molecular weight excluding hydrogens is 231 g/mol. The lowest BCUT2D eigenvalue weighted by Gasteiger charge is -1.84. The third-order valence-corrected chi connectivity index (χ3v) is 2.33. The van der Waals surface area contributed by atoms with Crippen LogP contribution in [-0.4, -0.2) is 23.2 Å². The van der Waals surface area contributed by atoms with E-state index in [0.29, 0.717) is 4.43 Å². The summed E-state index contributed by atoms with van der Waals surface area (Å²) in [6.45, 7) is 0. The van der Waals surface area contributed by atoms with E-state index in [1.54, 1.807) is 0 Å². The predicted octanol–water partition coefficient (Wildman–Crippen LogP) is 0.309. The Bertz CT molecular complexity index is 126. The Morgan fingerprint density at radius 1 is 1.57 bits per heavy atom. The Hall–Kier alpha value is 0.640. The maximum atomic E-state index is 9.78. The van der Waals surface area contributed by atoms with Gasteiger partial charge < -0.3 is 0 Å². The fourth-order valence-corrected chi connectivity index (χ4v) is 1.96.